The minimum absolute atomic E-state index is 0.290. The highest BCUT2D eigenvalue weighted by Gasteiger charge is 2.40. The van der Waals surface area contributed by atoms with Crippen LogP contribution in [-0.4, -0.2) is 29.4 Å². The van der Waals surface area contributed by atoms with E-state index in [1.165, 1.54) is 16.4 Å². The average Bonchev–Trinajstić information content (AvgIpc) is 2.70. The molecule has 2 unspecified atom stereocenters. The summed E-state index contributed by atoms with van der Waals surface area (Å²) in [6.45, 7) is 0.953. The third-order valence-corrected chi connectivity index (χ3v) is 4.64. The number of hydrogen-bond acceptors (Lipinski definition) is 2. The number of hydrogen-bond donors (Lipinski definition) is 1. The molecule has 1 N–H and O–H groups in total. The molecule has 3 nitrogen and oxygen atoms in total. The Balaban J connectivity index is 1.73. The van der Waals surface area contributed by atoms with E-state index < -0.39 is 0 Å². The monoisotopic (exact) mass is 356 g/mol. The molecule has 2 heterocycles. The van der Waals surface area contributed by atoms with Crippen molar-refractivity contribution in [3.8, 4) is 0 Å². The van der Waals surface area contributed by atoms with E-state index in [1.54, 1.807) is 0 Å². The lowest BCUT2D eigenvalue weighted by Gasteiger charge is -2.32. The van der Waals surface area contributed by atoms with E-state index in [0.29, 0.717) is 18.4 Å². The van der Waals surface area contributed by atoms with Crippen molar-refractivity contribution in [2.45, 2.75) is 37.8 Å². The molecule has 2 aliphatic rings. The molecular formula is C14H17IN2O. The summed E-state index contributed by atoms with van der Waals surface area (Å²) in [5.74, 6) is 0.322. The quantitative estimate of drug-likeness (QED) is 0.827. The second-order valence-electron chi connectivity index (χ2n) is 5.11. The van der Waals surface area contributed by atoms with Crippen LogP contribution in [-0.2, 0) is 4.79 Å². The maximum atomic E-state index is 11.9. The number of carbonyl (C=O) groups is 1. The zero-order chi connectivity index (χ0) is 12.5. The van der Waals surface area contributed by atoms with Crippen LogP contribution < -0.4 is 5.32 Å². The maximum absolute atomic E-state index is 11.9. The Labute approximate surface area is 121 Å². The lowest BCUT2D eigenvalue weighted by Crippen LogP contribution is -2.42. The number of halogens is 1. The first-order valence-corrected chi connectivity index (χ1v) is 7.63. The molecule has 1 aromatic carbocycles. The van der Waals surface area contributed by atoms with E-state index in [-0.39, 0.29) is 6.04 Å². The Kier molecular flexibility index (Phi) is 3.46. The van der Waals surface area contributed by atoms with Crippen molar-refractivity contribution in [1.82, 2.24) is 4.90 Å². The molecule has 0 saturated carbocycles. The third-order valence-electron chi connectivity index (χ3n) is 3.92. The average molecular weight is 356 g/mol. The van der Waals surface area contributed by atoms with Crippen LogP contribution in [0.15, 0.2) is 24.3 Å². The van der Waals surface area contributed by atoms with Crippen LogP contribution in [0.1, 0.15) is 25.7 Å². The summed E-state index contributed by atoms with van der Waals surface area (Å²) in [6.07, 6.45) is 4.21. The molecule has 0 aromatic heterocycles. The number of anilines is 1. The molecule has 96 valence electrons. The van der Waals surface area contributed by atoms with E-state index >= 15 is 0 Å². The van der Waals surface area contributed by atoms with Crippen molar-refractivity contribution in [2.24, 2.45) is 0 Å². The van der Waals surface area contributed by atoms with Gasteiger partial charge in [-0.3, -0.25) is 4.79 Å². The summed E-state index contributed by atoms with van der Waals surface area (Å²) in [6, 6.07) is 9.08. The van der Waals surface area contributed by atoms with Crippen molar-refractivity contribution in [3.05, 3.63) is 27.8 Å². The topological polar surface area (TPSA) is 32.3 Å². The normalized spacial score (nSPS) is 27.2. The summed E-state index contributed by atoms with van der Waals surface area (Å²) in [5, 5.41) is 3.53. The summed E-state index contributed by atoms with van der Waals surface area (Å²) >= 11 is 2.30. The fraction of sp³-hybridized carbons (Fsp3) is 0.500. The van der Waals surface area contributed by atoms with Crippen molar-refractivity contribution in [3.63, 3.8) is 0 Å². The number of nitrogens with zero attached hydrogens (tertiary/aromatic N) is 1. The minimum Gasteiger partial charge on any atom is -0.380 e. The Bertz CT molecular complexity index is 446. The van der Waals surface area contributed by atoms with Crippen molar-refractivity contribution < 1.29 is 4.79 Å². The summed E-state index contributed by atoms with van der Waals surface area (Å²) in [7, 11) is 0. The standard InChI is InChI=1S/C14H17IN2O/c15-10-4-6-11(7-5-10)16-12-9-14(18)17-8-2-1-3-13(12)17/h4-7,12-13,16H,1-3,8-9H2. The molecular weight excluding hydrogens is 339 g/mol. The molecule has 2 saturated heterocycles. The smallest absolute Gasteiger partial charge is 0.225 e. The van der Waals surface area contributed by atoms with Crippen molar-refractivity contribution >= 4 is 34.2 Å². The Morgan fingerprint density at radius 1 is 1.22 bits per heavy atom. The van der Waals surface area contributed by atoms with Gasteiger partial charge >= 0.3 is 0 Å². The van der Waals surface area contributed by atoms with Crippen LogP contribution >= 0.6 is 22.6 Å². The van der Waals surface area contributed by atoms with Gasteiger partial charge in [0.15, 0.2) is 0 Å². The third kappa shape index (κ3) is 2.35. The molecule has 3 rings (SSSR count). The van der Waals surface area contributed by atoms with Gasteiger partial charge in [0, 0.05) is 22.2 Å². The van der Waals surface area contributed by atoms with Gasteiger partial charge in [0.1, 0.15) is 0 Å². The van der Waals surface area contributed by atoms with Gasteiger partial charge in [-0.1, -0.05) is 0 Å². The molecule has 2 atom stereocenters. The number of carbonyl (C=O) groups excluding carboxylic acids is 1. The number of nitrogens with one attached hydrogen (secondary N) is 1. The van der Waals surface area contributed by atoms with Crippen LogP contribution in [0, 0.1) is 3.57 Å². The Morgan fingerprint density at radius 2 is 2.00 bits per heavy atom. The first kappa shape index (κ1) is 12.3. The second-order valence-corrected chi connectivity index (χ2v) is 6.36. The molecule has 1 amide bonds. The number of piperidine rings is 1. The highest BCUT2D eigenvalue weighted by atomic mass is 127. The van der Waals surface area contributed by atoms with Crippen LogP contribution in [0.25, 0.3) is 0 Å². The van der Waals surface area contributed by atoms with E-state index in [4.69, 9.17) is 0 Å². The van der Waals surface area contributed by atoms with Crippen molar-refractivity contribution in [1.29, 1.82) is 0 Å². The lowest BCUT2D eigenvalue weighted by atomic mass is 9.99. The zero-order valence-electron chi connectivity index (χ0n) is 10.2. The molecule has 0 aliphatic carbocycles. The number of fused-ring (bicyclic) bond motifs is 1. The van der Waals surface area contributed by atoms with Gasteiger partial charge in [0.25, 0.3) is 0 Å². The molecule has 18 heavy (non-hydrogen) atoms. The number of rotatable bonds is 2. The molecule has 2 aliphatic heterocycles. The predicted octanol–water partition coefficient (Wildman–Crippen LogP) is 2.86. The number of amides is 1. The van der Waals surface area contributed by atoms with Crippen LogP contribution in [0.4, 0.5) is 5.69 Å². The van der Waals surface area contributed by atoms with E-state index in [9.17, 15) is 4.79 Å². The van der Waals surface area contributed by atoms with Crippen LogP contribution in [0.2, 0.25) is 0 Å². The number of benzene rings is 1. The molecule has 0 spiro atoms. The van der Waals surface area contributed by atoms with Gasteiger partial charge in [-0.2, -0.15) is 0 Å². The molecule has 2 fully saturated rings. The second kappa shape index (κ2) is 5.07. The van der Waals surface area contributed by atoms with Crippen LogP contribution in [0.3, 0.4) is 0 Å². The molecule has 4 heteroatoms. The Morgan fingerprint density at radius 3 is 2.78 bits per heavy atom. The van der Waals surface area contributed by atoms with Gasteiger partial charge in [0.2, 0.25) is 5.91 Å². The SMILES string of the molecule is O=C1CC(Nc2ccc(I)cc2)C2CCCCN12. The molecule has 1 aromatic rings. The highest BCUT2D eigenvalue weighted by molar-refractivity contribution is 14.1. The largest absolute Gasteiger partial charge is 0.380 e. The van der Waals surface area contributed by atoms with E-state index in [2.05, 4.69) is 57.1 Å². The van der Waals surface area contributed by atoms with E-state index in [1.807, 2.05) is 0 Å². The maximum Gasteiger partial charge on any atom is 0.225 e. The zero-order valence-corrected chi connectivity index (χ0v) is 12.4. The van der Waals surface area contributed by atoms with Gasteiger partial charge in [0.05, 0.1) is 12.1 Å². The van der Waals surface area contributed by atoms with E-state index in [0.717, 1.165) is 18.7 Å². The van der Waals surface area contributed by atoms with Gasteiger partial charge < -0.3 is 10.2 Å². The predicted molar refractivity (Wildman–Crippen MR) is 80.5 cm³/mol. The Hall–Kier alpha value is -0.780. The first-order chi connectivity index (χ1) is 8.74. The fourth-order valence-corrected chi connectivity index (χ4v) is 3.39. The summed E-state index contributed by atoms with van der Waals surface area (Å²) < 4.78 is 1.24. The van der Waals surface area contributed by atoms with Crippen LogP contribution in [0.5, 0.6) is 0 Å². The van der Waals surface area contributed by atoms with Crippen molar-refractivity contribution in [2.75, 3.05) is 11.9 Å². The van der Waals surface area contributed by atoms with Gasteiger partial charge in [-0.05, 0) is 66.1 Å². The summed E-state index contributed by atoms with van der Waals surface area (Å²) in [4.78, 5) is 14.0. The molecule has 0 bridgehead atoms. The van der Waals surface area contributed by atoms with Gasteiger partial charge in [-0.15, -0.1) is 0 Å². The lowest BCUT2D eigenvalue weighted by molar-refractivity contribution is -0.129. The summed E-state index contributed by atoms with van der Waals surface area (Å²) in [5.41, 5.74) is 1.13. The fourth-order valence-electron chi connectivity index (χ4n) is 3.03. The first-order valence-electron chi connectivity index (χ1n) is 6.55. The minimum atomic E-state index is 0.290. The van der Waals surface area contributed by atoms with Gasteiger partial charge in [-0.25, -0.2) is 0 Å². The highest BCUT2D eigenvalue weighted by Crippen LogP contribution is 2.30. The molecule has 0 radical (unpaired) electrons.